The zero-order valence-corrected chi connectivity index (χ0v) is 14.7. The van der Waals surface area contributed by atoms with Gasteiger partial charge in [-0.1, -0.05) is 12.2 Å². The Kier molecular flexibility index (Phi) is 7.32. The molecular formula is C19H24O6. The first-order chi connectivity index (χ1) is 12.1. The highest BCUT2D eigenvalue weighted by molar-refractivity contribution is 5.97. The van der Waals surface area contributed by atoms with Gasteiger partial charge in [-0.25, -0.2) is 4.79 Å². The fourth-order valence-electron chi connectivity index (χ4n) is 2.45. The number of carbonyl (C=O) groups excluding carboxylic acids is 2. The van der Waals surface area contributed by atoms with E-state index in [0.29, 0.717) is 18.1 Å². The summed E-state index contributed by atoms with van der Waals surface area (Å²) >= 11 is 0. The summed E-state index contributed by atoms with van der Waals surface area (Å²) in [6, 6.07) is 3.09. The number of benzene rings is 1. The third kappa shape index (κ3) is 5.81. The Morgan fingerprint density at radius 3 is 2.48 bits per heavy atom. The minimum atomic E-state index is -0.574. The molecule has 0 saturated carbocycles. The predicted molar refractivity (Wildman–Crippen MR) is 92.3 cm³/mol. The van der Waals surface area contributed by atoms with Gasteiger partial charge in [0.2, 0.25) is 0 Å². The standard InChI is InChI=1S/C19H24O6/c1-14(20)25-17-13-15(22-2)12-16-18(17)19(21)24-11-9-7-5-3-4-6-8-10-23-16/h3,5,12-13H,4,6-11H2,1-2H3. The van der Waals surface area contributed by atoms with Crippen molar-refractivity contribution in [2.45, 2.75) is 39.0 Å². The molecule has 0 bridgehead atoms. The van der Waals surface area contributed by atoms with Crippen molar-refractivity contribution in [3.05, 3.63) is 29.8 Å². The highest BCUT2D eigenvalue weighted by atomic mass is 16.6. The van der Waals surface area contributed by atoms with Crippen LogP contribution >= 0.6 is 0 Å². The number of cyclic esters (lactones) is 1. The summed E-state index contributed by atoms with van der Waals surface area (Å²) in [5.74, 6) is -0.290. The van der Waals surface area contributed by atoms with E-state index in [0.717, 1.165) is 32.1 Å². The quantitative estimate of drug-likeness (QED) is 0.461. The van der Waals surface area contributed by atoms with Crippen molar-refractivity contribution in [1.29, 1.82) is 0 Å². The summed E-state index contributed by atoms with van der Waals surface area (Å²) < 4.78 is 21.5. The van der Waals surface area contributed by atoms with E-state index < -0.39 is 11.9 Å². The van der Waals surface area contributed by atoms with Crippen molar-refractivity contribution in [1.82, 2.24) is 0 Å². The average Bonchev–Trinajstić information content (AvgIpc) is 2.58. The maximum absolute atomic E-state index is 12.5. The molecule has 0 radical (unpaired) electrons. The highest BCUT2D eigenvalue weighted by Crippen LogP contribution is 2.35. The van der Waals surface area contributed by atoms with Gasteiger partial charge in [0, 0.05) is 19.1 Å². The predicted octanol–water partition coefficient (Wildman–Crippen LogP) is 3.68. The maximum atomic E-state index is 12.5. The number of allylic oxidation sites excluding steroid dienone is 2. The zero-order chi connectivity index (χ0) is 18.1. The summed E-state index contributed by atoms with van der Waals surface area (Å²) in [6.07, 6.45) is 8.67. The second kappa shape index (κ2) is 9.71. The molecule has 0 spiro atoms. The van der Waals surface area contributed by atoms with Gasteiger partial charge in [0.1, 0.15) is 17.1 Å². The summed E-state index contributed by atoms with van der Waals surface area (Å²) in [6.45, 7) is 2.00. The number of methoxy groups -OCH3 is 1. The van der Waals surface area contributed by atoms with Crippen LogP contribution in [-0.4, -0.2) is 32.3 Å². The smallest absolute Gasteiger partial charge is 0.345 e. The molecule has 0 aliphatic carbocycles. The lowest BCUT2D eigenvalue weighted by molar-refractivity contribution is -0.131. The number of esters is 2. The largest absolute Gasteiger partial charge is 0.496 e. The Hall–Kier alpha value is -2.50. The molecule has 1 aliphatic rings. The molecule has 1 aromatic carbocycles. The molecule has 0 saturated heterocycles. The van der Waals surface area contributed by atoms with Gasteiger partial charge in [0.05, 0.1) is 20.3 Å². The van der Waals surface area contributed by atoms with E-state index in [2.05, 4.69) is 12.2 Å². The van der Waals surface area contributed by atoms with Crippen LogP contribution in [0.25, 0.3) is 0 Å². The molecule has 1 aliphatic heterocycles. The van der Waals surface area contributed by atoms with Crippen LogP contribution in [0.2, 0.25) is 0 Å². The lowest BCUT2D eigenvalue weighted by Gasteiger charge is -2.16. The number of ether oxygens (including phenoxy) is 4. The van der Waals surface area contributed by atoms with Gasteiger partial charge in [-0.15, -0.1) is 0 Å². The van der Waals surface area contributed by atoms with Crippen molar-refractivity contribution in [2.75, 3.05) is 20.3 Å². The molecule has 0 N–H and O–H groups in total. The number of hydrogen-bond donors (Lipinski definition) is 0. The van der Waals surface area contributed by atoms with E-state index in [1.165, 1.54) is 20.1 Å². The van der Waals surface area contributed by atoms with Crippen molar-refractivity contribution < 1.29 is 28.5 Å². The molecule has 0 unspecified atom stereocenters. The average molecular weight is 348 g/mol. The Labute approximate surface area is 147 Å². The van der Waals surface area contributed by atoms with Gasteiger partial charge in [0.25, 0.3) is 0 Å². The normalized spacial score (nSPS) is 16.0. The van der Waals surface area contributed by atoms with E-state index in [1.54, 1.807) is 6.07 Å². The Bertz CT molecular complexity index is 635. The molecule has 0 amide bonds. The molecular weight excluding hydrogens is 324 g/mol. The molecule has 0 fully saturated rings. The fourth-order valence-corrected chi connectivity index (χ4v) is 2.45. The molecule has 25 heavy (non-hydrogen) atoms. The molecule has 0 aromatic heterocycles. The monoisotopic (exact) mass is 348 g/mol. The van der Waals surface area contributed by atoms with Gasteiger partial charge < -0.3 is 18.9 Å². The van der Waals surface area contributed by atoms with Gasteiger partial charge in [-0.2, -0.15) is 0 Å². The van der Waals surface area contributed by atoms with Crippen molar-refractivity contribution >= 4 is 11.9 Å². The van der Waals surface area contributed by atoms with Crippen LogP contribution in [0.5, 0.6) is 17.2 Å². The molecule has 1 heterocycles. The van der Waals surface area contributed by atoms with Gasteiger partial charge in [-0.05, 0) is 32.1 Å². The number of fused-ring (bicyclic) bond motifs is 1. The van der Waals surface area contributed by atoms with E-state index in [9.17, 15) is 9.59 Å². The van der Waals surface area contributed by atoms with Gasteiger partial charge in [0.15, 0.2) is 5.75 Å². The minimum Gasteiger partial charge on any atom is -0.496 e. The highest BCUT2D eigenvalue weighted by Gasteiger charge is 2.23. The van der Waals surface area contributed by atoms with Crippen molar-refractivity contribution in [3.63, 3.8) is 0 Å². The first-order valence-corrected chi connectivity index (χ1v) is 8.47. The zero-order valence-electron chi connectivity index (χ0n) is 14.7. The molecule has 1 aromatic rings. The molecule has 6 nitrogen and oxygen atoms in total. The van der Waals surface area contributed by atoms with Crippen molar-refractivity contribution in [3.8, 4) is 17.2 Å². The van der Waals surface area contributed by atoms with Crippen molar-refractivity contribution in [2.24, 2.45) is 0 Å². The molecule has 136 valence electrons. The maximum Gasteiger partial charge on any atom is 0.345 e. The van der Waals surface area contributed by atoms with E-state index >= 15 is 0 Å². The van der Waals surface area contributed by atoms with Crippen LogP contribution in [0.1, 0.15) is 49.4 Å². The number of carbonyl (C=O) groups is 2. The molecule has 0 atom stereocenters. The topological polar surface area (TPSA) is 71.1 Å². The van der Waals surface area contributed by atoms with Gasteiger partial charge in [-0.3, -0.25) is 4.79 Å². The summed E-state index contributed by atoms with van der Waals surface area (Å²) in [4.78, 5) is 23.9. The second-order valence-electron chi connectivity index (χ2n) is 5.69. The second-order valence-corrected chi connectivity index (χ2v) is 5.69. The SMILES string of the molecule is COc1cc2c(c(OC(C)=O)c1)C(=O)OCCCC=CCCCCO2. The van der Waals surface area contributed by atoms with E-state index in [-0.39, 0.29) is 17.9 Å². The molecule has 2 rings (SSSR count). The Balaban J connectivity index is 2.35. The summed E-state index contributed by atoms with van der Waals surface area (Å²) in [5.41, 5.74) is 0.114. The number of hydrogen-bond acceptors (Lipinski definition) is 6. The lowest BCUT2D eigenvalue weighted by Crippen LogP contribution is -2.14. The van der Waals surface area contributed by atoms with E-state index in [1.807, 2.05) is 0 Å². The first-order valence-electron chi connectivity index (χ1n) is 8.47. The van der Waals surface area contributed by atoms with Crippen LogP contribution in [0.15, 0.2) is 24.3 Å². The van der Waals surface area contributed by atoms with Crippen LogP contribution in [0, 0.1) is 0 Å². The van der Waals surface area contributed by atoms with Crippen LogP contribution < -0.4 is 14.2 Å². The van der Waals surface area contributed by atoms with Gasteiger partial charge >= 0.3 is 11.9 Å². The third-order valence-electron chi connectivity index (χ3n) is 3.67. The van der Waals surface area contributed by atoms with E-state index in [4.69, 9.17) is 18.9 Å². The minimum absolute atomic E-state index is 0.0823. The fraction of sp³-hybridized carbons (Fsp3) is 0.474. The lowest BCUT2D eigenvalue weighted by atomic mass is 10.1. The van der Waals surface area contributed by atoms with Crippen LogP contribution in [0.4, 0.5) is 0 Å². The Morgan fingerprint density at radius 1 is 1.04 bits per heavy atom. The van der Waals surface area contributed by atoms with Crippen LogP contribution in [0.3, 0.4) is 0 Å². The third-order valence-corrected chi connectivity index (χ3v) is 3.67. The number of rotatable bonds is 2. The first kappa shape index (κ1) is 18.8. The van der Waals surface area contributed by atoms with Crippen LogP contribution in [-0.2, 0) is 9.53 Å². The Morgan fingerprint density at radius 2 is 1.76 bits per heavy atom. The summed E-state index contributed by atoms with van der Waals surface area (Å²) in [5, 5.41) is 0. The summed E-state index contributed by atoms with van der Waals surface area (Å²) in [7, 11) is 1.49. The molecule has 6 heteroatoms.